The predicted molar refractivity (Wildman–Crippen MR) is 63.5 cm³/mol. The molecule has 0 amide bonds. The van der Waals surface area contributed by atoms with Crippen molar-refractivity contribution >= 4 is 11.6 Å². The SMILES string of the molecule is O=C1[C@@H]2[C@@H]3C[C@H]4[C@@H]5[C@H]6C(=O)[C@H]7[C@@H]8[C@@H]6[C@@H]([C@@H]15)[C@H]2[C@H]8[C@@H]3[C@@H]47. The van der Waals surface area contributed by atoms with Crippen molar-refractivity contribution in [3.8, 4) is 0 Å². The standard InChI is InChI=1S/C17H16O2/c18-16-7-3-1-2-5-4(3)8-9(7)11-12-10(8)13(5)17(19)15(12)6(2)14(11)16/h2-15H,1H2/t2-,3-,4+,5-,6+,7-,8-,9-,10+,11+,12-,13-,14+,15-/m1/s1. The van der Waals surface area contributed by atoms with E-state index in [2.05, 4.69) is 0 Å². The smallest absolute Gasteiger partial charge is 0.140 e. The number of carbonyl (C=O) groups excluding carboxylic acids is 2. The zero-order valence-corrected chi connectivity index (χ0v) is 10.6. The van der Waals surface area contributed by atoms with Crippen LogP contribution in [0.25, 0.3) is 0 Å². The summed E-state index contributed by atoms with van der Waals surface area (Å²) in [5, 5.41) is 0. The van der Waals surface area contributed by atoms with E-state index in [0.717, 1.165) is 41.4 Å². The molecule has 8 aliphatic carbocycles. The van der Waals surface area contributed by atoms with Gasteiger partial charge in [0.05, 0.1) is 0 Å². The van der Waals surface area contributed by atoms with Gasteiger partial charge in [0.25, 0.3) is 0 Å². The summed E-state index contributed by atoms with van der Waals surface area (Å²) >= 11 is 0. The summed E-state index contributed by atoms with van der Waals surface area (Å²) < 4.78 is 0. The van der Waals surface area contributed by atoms with Crippen LogP contribution in [0.1, 0.15) is 6.42 Å². The van der Waals surface area contributed by atoms with Gasteiger partial charge in [-0.15, -0.1) is 0 Å². The molecule has 8 saturated carbocycles. The first kappa shape index (κ1) is 8.59. The van der Waals surface area contributed by atoms with Crippen molar-refractivity contribution < 1.29 is 9.59 Å². The zero-order valence-electron chi connectivity index (χ0n) is 10.6. The molecule has 0 unspecified atom stereocenters. The van der Waals surface area contributed by atoms with E-state index in [-0.39, 0.29) is 0 Å². The molecule has 2 heteroatoms. The Bertz CT molecular complexity index is 625. The number of rotatable bonds is 0. The van der Waals surface area contributed by atoms with E-state index in [9.17, 15) is 9.59 Å². The lowest BCUT2D eigenvalue weighted by atomic mass is 9.63. The van der Waals surface area contributed by atoms with Crippen LogP contribution in [0.4, 0.5) is 0 Å². The summed E-state index contributed by atoms with van der Waals surface area (Å²) in [4.78, 5) is 25.8. The molecule has 96 valence electrons. The van der Waals surface area contributed by atoms with Gasteiger partial charge in [0.1, 0.15) is 11.6 Å². The van der Waals surface area contributed by atoms with E-state index in [1.54, 1.807) is 0 Å². The Morgan fingerprint density at radius 3 is 1.89 bits per heavy atom. The summed E-state index contributed by atoms with van der Waals surface area (Å²) in [5.41, 5.74) is 0. The average Bonchev–Trinajstić information content (AvgIpc) is 3.08. The Labute approximate surface area is 111 Å². The molecule has 6 bridgehead atoms. The first-order chi connectivity index (χ1) is 9.30. The van der Waals surface area contributed by atoms with Crippen LogP contribution in [0.3, 0.4) is 0 Å². The minimum Gasteiger partial charge on any atom is -0.299 e. The van der Waals surface area contributed by atoms with Crippen LogP contribution in [0.2, 0.25) is 0 Å². The lowest BCUT2D eigenvalue weighted by molar-refractivity contribution is -0.136. The van der Waals surface area contributed by atoms with Gasteiger partial charge in [-0.05, 0) is 65.6 Å². The average molecular weight is 252 g/mol. The molecule has 8 aliphatic rings. The Balaban J connectivity index is 1.62. The van der Waals surface area contributed by atoms with Crippen LogP contribution >= 0.6 is 0 Å². The minimum atomic E-state index is 0.362. The van der Waals surface area contributed by atoms with Crippen LogP contribution in [0.15, 0.2) is 0 Å². The highest BCUT2D eigenvalue weighted by Gasteiger charge is 2.90. The fourth-order valence-electron chi connectivity index (χ4n) is 10.6. The number of ketones is 2. The molecule has 0 saturated heterocycles. The quantitative estimate of drug-likeness (QED) is 0.650. The van der Waals surface area contributed by atoms with Gasteiger partial charge in [0, 0.05) is 23.7 Å². The fourth-order valence-corrected chi connectivity index (χ4v) is 10.6. The van der Waals surface area contributed by atoms with Gasteiger partial charge >= 0.3 is 0 Å². The van der Waals surface area contributed by atoms with Crippen molar-refractivity contribution in [3.05, 3.63) is 0 Å². The van der Waals surface area contributed by atoms with Crippen LogP contribution in [-0.4, -0.2) is 11.6 Å². The monoisotopic (exact) mass is 252 g/mol. The summed E-state index contributed by atoms with van der Waals surface area (Å²) in [6.07, 6.45) is 1.34. The normalized spacial score (nSPS) is 84.8. The molecule has 0 aromatic rings. The highest BCUT2D eigenvalue weighted by atomic mass is 16.1. The van der Waals surface area contributed by atoms with Crippen LogP contribution in [0.5, 0.6) is 0 Å². The minimum absolute atomic E-state index is 0.362. The van der Waals surface area contributed by atoms with Crippen molar-refractivity contribution in [2.24, 2.45) is 82.9 Å². The Kier molecular flexibility index (Phi) is 0.896. The van der Waals surface area contributed by atoms with Gasteiger partial charge < -0.3 is 0 Å². The van der Waals surface area contributed by atoms with E-state index in [4.69, 9.17) is 0 Å². The third-order valence-electron chi connectivity index (χ3n) is 9.82. The van der Waals surface area contributed by atoms with Gasteiger partial charge in [-0.1, -0.05) is 0 Å². The van der Waals surface area contributed by atoms with Gasteiger partial charge in [-0.3, -0.25) is 9.59 Å². The summed E-state index contributed by atoms with van der Waals surface area (Å²) in [6, 6.07) is 0. The molecular formula is C17H16O2. The first-order valence-corrected chi connectivity index (χ1v) is 8.38. The van der Waals surface area contributed by atoms with Crippen molar-refractivity contribution in [2.45, 2.75) is 6.42 Å². The Morgan fingerprint density at radius 1 is 0.526 bits per heavy atom. The molecule has 0 N–H and O–H groups in total. The molecule has 0 spiro atoms. The highest BCUT2D eigenvalue weighted by Crippen LogP contribution is 2.89. The van der Waals surface area contributed by atoms with E-state index in [1.807, 2.05) is 0 Å². The largest absolute Gasteiger partial charge is 0.299 e. The van der Waals surface area contributed by atoms with E-state index < -0.39 is 0 Å². The fraction of sp³-hybridized carbons (Fsp3) is 0.882. The lowest BCUT2D eigenvalue weighted by Crippen LogP contribution is -2.43. The number of Topliss-reactive ketones (excluding diaryl/α,β-unsaturated/α-hetero) is 2. The molecule has 8 fully saturated rings. The third-order valence-corrected chi connectivity index (χ3v) is 9.82. The molecular weight excluding hydrogens is 236 g/mol. The first-order valence-electron chi connectivity index (χ1n) is 8.38. The maximum absolute atomic E-state index is 12.9. The predicted octanol–water partition coefficient (Wildman–Crippen LogP) is 1.25. The number of hydrogen-bond acceptors (Lipinski definition) is 2. The second-order valence-corrected chi connectivity index (χ2v) is 9.09. The molecule has 0 aromatic carbocycles. The van der Waals surface area contributed by atoms with E-state index in [0.29, 0.717) is 53.0 Å². The summed E-state index contributed by atoms with van der Waals surface area (Å²) in [6.45, 7) is 0. The maximum Gasteiger partial charge on any atom is 0.140 e. The summed E-state index contributed by atoms with van der Waals surface area (Å²) in [7, 11) is 0. The topological polar surface area (TPSA) is 34.1 Å². The van der Waals surface area contributed by atoms with E-state index >= 15 is 0 Å². The Hall–Kier alpha value is -0.660. The number of fused-ring (bicyclic) bond motifs is 3. The van der Waals surface area contributed by atoms with Gasteiger partial charge in [-0.25, -0.2) is 0 Å². The van der Waals surface area contributed by atoms with Crippen LogP contribution < -0.4 is 0 Å². The molecule has 0 heterocycles. The van der Waals surface area contributed by atoms with Crippen LogP contribution in [0, 0.1) is 82.9 Å². The second kappa shape index (κ2) is 1.98. The van der Waals surface area contributed by atoms with Crippen molar-refractivity contribution in [1.82, 2.24) is 0 Å². The Morgan fingerprint density at radius 2 is 1.11 bits per heavy atom. The molecule has 19 heavy (non-hydrogen) atoms. The summed E-state index contributed by atoms with van der Waals surface area (Å²) in [5.74, 6) is 10.3. The number of hydrogen-bond donors (Lipinski definition) is 0. The van der Waals surface area contributed by atoms with Crippen molar-refractivity contribution in [3.63, 3.8) is 0 Å². The molecule has 14 atom stereocenters. The van der Waals surface area contributed by atoms with Crippen molar-refractivity contribution in [2.75, 3.05) is 0 Å². The third kappa shape index (κ3) is 0.489. The molecule has 0 radical (unpaired) electrons. The highest BCUT2D eigenvalue weighted by molar-refractivity contribution is 5.96. The van der Waals surface area contributed by atoms with Gasteiger partial charge in [0.2, 0.25) is 0 Å². The number of carbonyl (C=O) groups is 2. The molecule has 2 nitrogen and oxygen atoms in total. The van der Waals surface area contributed by atoms with Crippen LogP contribution in [-0.2, 0) is 9.59 Å². The maximum atomic E-state index is 12.9. The second-order valence-electron chi connectivity index (χ2n) is 9.09. The van der Waals surface area contributed by atoms with Crippen molar-refractivity contribution in [1.29, 1.82) is 0 Å². The molecule has 0 aromatic heterocycles. The lowest BCUT2D eigenvalue weighted by Gasteiger charge is -2.40. The molecule has 0 aliphatic heterocycles. The van der Waals surface area contributed by atoms with E-state index in [1.165, 1.54) is 6.42 Å². The van der Waals surface area contributed by atoms with Gasteiger partial charge in [0.15, 0.2) is 0 Å². The van der Waals surface area contributed by atoms with Gasteiger partial charge in [-0.2, -0.15) is 0 Å². The molecule has 8 rings (SSSR count). The zero-order chi connectivity index (χ0) is 11.9.